The van der Waals surface area contributed by atoms with Crippen LogP contribution in [0.3, 0.4) is 0 Å². The largest absolute Gasteiger partial charge is 0.496 e. The highest BCUT2D eigenvalue weighted by atomic mass is 16.5. The van der Waals surface area contributed by atoms with Gasteiger partial charge >= 0.3 is 0 Å². The van der Waals surface area contributed by atoms with Gasteiger partial charge in [0, 0.05) is 5.56 Å². The number of aryl methyl sites for hydroxylation is 2. The summed E-state index contributed by atoms with van der Waals surface area (Å²) in [6.07, 6.45) is 1.70. The number of carbonyl (C=O) groups is 2. The zero-order valence-electron chi connectivity index (χ0n) is 18.3. The lowest BCUT2D eigenvalue weighted by Crippen LogP contribution is -2.53. The van der Waals surface area contributed by atoms with E-state index in [2.05, 4.69) is 26.2 Å². The molecule has 0 aliphatic rings. The lowest BCUT2D eigenvalue weighted by Gasteiger charge is -2.34. The molecule has 2 rings (SSSR count). The first kappa shape index (κ1) is 22.5. The van der Waals surface area contributed by atoms with Crippen LogP contribution in [0.1, 0.15) is 65.5 Å². The summed E-state index contributed by atoms with van der Waals surface area (Å²) in [5, 5.41) is 1.51. The summed E-state index contributed by atoms with van der Waals surface area (Å²) in [7, 11) is 1.53. The molecule has 0 radical (unpaired) electrons. The molecule has 2 aromatic rings. The Morgan fingerprint density at radius 2 is 1.69 bits per heavy atom. The minimum Gasteiger partial charge on any atom is -0.496 e. The van der Waals surface area contributed by atoms with Gasteiger partial charge in [-0.25, -0.2) is 5.01 Å². The molecule has 5 heteroatoms. The summed E-state index contributed by atoms with van der Waals surface area (Å²) in [6, 6.07) is 12.6. The molecular formula is C24H32N2O3. The molecule has 1 N–H and O–H groups in total. The molecule has 2 amide bonds. The molecule has 0 saturated carbocycles. The van der Waals surface area contributed by atoms with Crippen molar-refractivity contribution in [3.05, 3.63) is 64.7 Å². The first-order valence-corrected chi connectivity index (χ1v) is 10.1. The van der Waals surface area contributed by atoms with Crippen LogP contribution >= 0.6 is 0 Å². The van der Waals surface area contributed by atoms with Gasteiger partial charge in [0.1, 0.15) is 5.75 Å². The average Bonchev–Trinajstić information content (AvgIpc) is 2.68. The topological polar surface area (TPSA) is 58.6 Å². The van der Waals surface area contributed by atoms with E-state index in [0.717, 1.165) is 24.0 Å². The van der Waals surface area contributed by atoms with Gasteiger partial charge in [-0.1, -0.05) is 56.5 Å². The minimum absolute atomic E-state index is 0.119. The molecule has 0 fully saturated rings. The summed E-state index contributed by atoms with van der Waals surface area (Å²) in [5.41, 5.74) is 5.88. The molecule has 0 unspecified atom stereocenters. The van der Waals surface area contributed by atoms with Crippen molar-refractivity contribution in [1.29, 1.82) is 0 Å². The molecule has 156 valence electrons. The smallest absolute Gasteiger partial charge is 0.273 e. The third-order valence-electron chi connectivity index (χ3n) is 4.95. The van der Waals surface area contributed by atoms with Crippen LogP contribution < -0.4 is 10.2 Å². The predicted octanol–water partition coefficient (Wildman–Crippen LogP) is 4.92. The lowest BCUT2D eigenvalue weighted by atomic mass is 9.97. The van der Waals surface area contributed by atoms with Gasteiger partial charge in [-0.05, 0) is 50.5 Å². The molecule has 0 aliphatic heterocycles. The number of ether oxygens (including phenoxy) is 1. The number of nitrogens with one attached hydrogen (secondary N) is 1. The summed E-state index contributed by atoms with van der Waals surface area (Å²) in [4.78, 5) is 26.5. The van der Waals surface area contributed by atoms with Crippen LogP contribution in [0.2, 0.25) is 0 Å². The van der Waals surface area contributed by atoms with Crippen molar-refractivity contribution in [3.63, 3.8) is 0 Å². The van der Waals surface area contributed by atoms with Gasteiger partial charge in [0.05, 0.1) is 18.7 Å². The summed E-state index contributed by atoms with van der Waals surface area (Å²) in [5.74, 6) is 0.0947. The number of methoxy groups -OCH3 is 1. The summed E-state index contributed by atoms with van der Waals surface area (Å²) >= 11 is 0. The zero-order chi connectivity index (χ0) is 21.6. The second kappa shape index (κ2) is 10.1. The second-order valence-electron chi connectivity index (χ2n) is 7.79. The maximum Gasteiger partial charge on any atom is 0.273 e. The highest BCUT2D eigenvalue weighted by molar-refractivity contribution is 6.00. The average molecular weight is 397 g/mol. The maximum atomic E-state index is 13.5. The quantitative estimate of drug-likeness (QED) is 0.676. The Balaban J connectivity index is 2.44. The SMILES string of the molecule is CCC[C@H](C(C)C)N(NC(=O)c1ccccc1OC)C(=O)c1cc(C)cc(C)c1. The van der Waals surface area contributed by atoms with Crippen molar-refractivity contribution >= 4 is 11.8 Å². The van der Waals surface area contributed by atoms with Crippen LogP contribution in [-0.4, -0.2) is 30.0 Å². The molecule has 0 spiro atoms. The van der Waals surface area contributed by atoms with E-state index in [0.29, 0.717) is 16.9 Å². The van der Waals surface area contributed by atoms with Crippen LogP contribution in [0.15, 0.2) is 42.5 Å². The van der Waals surface area contributed by atoms with E-state index in [4.69, 9.17) is 4.74 Å². The van der Waals surface area contributed by atoms with Crippen LogP contribution in [0, 0.1) is 19.8 Å². The number of nitrogens with zero attached hydrogens (tertiary/aromatic N) is 1. The Hall–Kier alpha value is -2.82. The Labute approximate surface area is 174 Å². The second-order valence-corrected chi connectivity index (χ2v) is 7.79. The molecule has 0 saturated heterocycles. The van der Waals surface area contributed by atoms with Crippen molar-refractivity contribution in [3.8, 4) is 5.75 Å². The van der Waals surface area contributed by atoms with Crippen molar-refractivity contribution in [2.75, 3.05) is 7.11 Å². The molecule has 0 aliphatic carbocycles. The van der Waals surface area contributed by atoms with Gasteiger partial charge in [-0.15, -0.1) is 0 Å². The summed E-state index contributed by atoms with van der Waals surface area (Å²) < 4.78 is 5.32. The summed E-state index contributed by atoms with van der Waals surface area (Å²) in [6.45, 7) is 10.1. The Morgan fingerprint density at radius 3 is 2.24 bits per heavy atom. The third kappa shape index (κ3) is 5.59. The van der Waals surface area contributed by atoms with E-state index in [1.807, 2.05) is 38.1 Å². The van der Waals surface area contributed by atoms with Crippen LogP contribution in [-0.2, 0) is 0 Å². The number of benzene rings is 2. The van der Waals surface area contributed by atoms with E-state index >= 15 is 0 Å². The number of para-hydroxylation sites is 1. The molecular weight excluding hydrogens is 364 g/mol. The highest BCUT2D eigenvalue weighted by Crippen LogP contribution is 2.21. The highest BCUT2D eigenvalue weighted by Gasteiger charge is 2.29. The maximum absolute atomic E-state index is 13.5. The third-order valence-corrected chi connectivity index (χ3v) is 4.95. The molecule has 0 aromatic heterocycles. The molecule has 2 aromatic carbocycles. The van der Waals surface area contributed by atoms with Gasteiger partial charge in [0.15, 0.2) is 0 Å². The Bertz CT molecular complexity index is 841. The van der Waals surface area contributed by atoms with Gasteiger partial charge in [0.25, 0.3) is 11.8 Å². The van der Waals surface area contributed by atoms with Gasteiger partial charge < -0.3 is 4.74 Å². The van der Waals surface area contributed by atoms with E-state index in [9.17, 15) is 9.59 Å². The van der Waals surface area contributed by atoms with E-state index < -0.39 is 0 Å². The molecule has 5 nitrogen and oxygen atoms in total. The molecule has 29 heavy (non-hydrogen) atoms. The number of carbonyl (C=O) groups excluding carboxylic acids is 2. The van der Waals surface area contributed by atoms with Gasteiger partial charge in [-0.2, -0.15) is 0 Å². The number of rotatable bonds is 7. The monoisotopic (exact) mass is 396 g/mol. The number of hydrazine groups is 1. The van der Waals surface area contributed by atoms with E-state index in [1.165, 1.54) is 12.1 Å². The Morgan fingerprint density at radius 1 is 1.07 bits per heavy atom. The standard InChI is InChI=1S/C24H32N2O3/c1-7-10-21(16(2)3)26(24(28)19-14-17(4)13-18(5)15-19)25-23(27)20-11-8-9-12-22(20)29-6/h8-9,11-16,21H,7,10H2,1-6H3,(H,25,27)/t21-/m1/s1. The number of amides is 2. The van der Waals surface area contributed by atoms with Crippen molar-refractivity contribution in [2.24, 2.45) is 5.92 Å². The van der Waals surface area contributed by atoms with E-state index in [1.54, 1.807) is 18.2 Å². The fourth-order valence-electron chi connectivity index (χ4n) is 3.58. The normalized spacial score (nSPS) is 11.8. The molecule has 1 atom stereocenters. The van der Waals surface area contributed by atoms with Crippen LogP contribution in [0.4, 0.5) is 0 Å². The van der Waals surface area contributed by atoms with Crippen molar-refractivity contribution in [2.45, 2.75) is 53.5 Å². The minimum atomic E-state index is -0.359. The van der Waals surface area contributed by atoms with Crippen molar-refractivity contribution < 1.29 is 14.3 Å². The number of hydrogen-bond acceptors (Lipinski definition) is 3. The van der Waals surface area contributed by atoms with Crippen LogP contribution in [0.5, 0.6) is 5.75 Å². The zero-order valence-corrected chi connectivity index (χ0v) is 18.3. The van der Waals surface area contributed by atoms with Crippen LogP contribution in [0.25, 0.3) is 0 Å². The Kier molecular flexibility index (Phi) is 7.82. The predicted molar refractivity (Wildman–Crippen MR) is 116 cm³/mol. The van der Waals surface area contributed by atoms with Crippen molar-refractivity contribution in [1.82, 2.24) is 10.4 Å². The lowest BCUT2D eigenvalue weighted by molar-refractivity contribution is 0.0399. The fourth-order valence-corrected chi connectivity index (χ4v) is 3.58. The molecule has 0 heterocycles. The fraction of sp³-hybridized carbons (Fsp3) is 0.417. The van der Waals surface area contributed by atoms with Gasteiger partial charge in [-0.3, -0.25) is 15.0 Å². The first-order valence-electron chi connectivity index (χ1n) is 10.1. The van der Waals surface area contributed by atoms with E-state index in [-0.39, 0.29) is 23.8 Å². The molecule has 0 bridgehead atoms. The number of hydrogen-bond donors (Lipinski definition) is 1. The first-order chi connectivity index (χ1) is 13.8. The van der Waals surface area contributed by atoms with Gasteiger partial charge in [0.2, 0.25) is 0 Å².